The number of carbonyl (C=O) groups excluding carboxylic acids is 1. The second-order valence-electron chi connectivity index (χ2n) is 7.13. The van der Waals surface area contributed by atoms with Crippen molar-refractivity contribution >= 4 is 34.1 Å². The molecule has 1 amide bonds. The fraction of sp³-hybridized carbons (Fsp3) is 0.174. The Bertz CT molecular complexity index is 1280. The van der Waals surface area contributed by atoms with Gasteiger partial charge in [-0.1, -0.05) is 48.2 Å². The zero-order valence-electron chi connectivity index (χ0n) is 17.3. The maximum absolute atomic E-state index is 12.4. The first-order chi connectivity index (χ1) is 15.7. The van der Waals surface area contributed by atoms with Gasteiger partial charge in [0.25, 0.3) is 0 Å². The molecule has 1 aliphatic heterocycles. The predicted octanol–water partition coefficient (Wildman–Crippen LogP) is 4.01. The molecule has 0 aliphatic carbocycles. The van der Waals surface area contributed by atoms with Gasteiger partial charge in [0, 0.05) is 24.2 Å². The Morgan fingerprint density at radius 3 is 2.88 bits per heavy atom. The molecule has 0 radical (unpaired) electrons. The van der Waals surface area contributed by atoms with E-state index in [1.807, 2.05) is 54.1 Å². The molecule has 5 rings (SSSR count). The van der Waals surface area contributed by atoms with Crippen molar-refractivity contribution in [2.45, 2.75) is 11.8 Å². The number of fused-ring (bicyclic) bond motifs is 2. The molecule has 1 aliphatic rings. The fourth-order valence-electron chi connectivity index (χ4n) is 3.36. The molecule has 9 heteroatoms. The molecule has 0 unspecified atom stereocenters. The van der Waals surface area contributed by atoms with Crippen LogP contribution < -0.4 is 19.5 Å². The van der Waals surface area contributed by atoms with Crippen LogP contribution in [0, 0.1) is 0 Å². The zero-order valence-corrected chi connectivity index (χ0v) is 18.1. The number of hydrogen-bond acceptors (Lipinski definition) is 7. The van der Waals surface area contributed by atoms with Crippen LogP contribution in [0.4, 0.5) is 5.69 Å². The number of anilines is 1. The Morgan fingerprint density at radius 2 is 1.94 bits per heavy atom. The van der Waals surface area contributed by atoms with E-state index in [4.69, 9.17) is 14.2 Å². The van der Waals surface area contributed by atoms with Crippen molar-refractivity contribution in [3.8, 4) is 17.2 Å². The number of aromatic nitrogens is 3. The first-order valence-electron chi connectivity index (χ1n) is 9.98. The van der Waals surface area contributed by atoms with Crippen molar-refractivity contribution in [2.75, 3.05) is 17.9 Å². The number of thioether (sulfide) groups is 1. The minimum absolute atomic E-state index is 0.148. The van der Waals surface area contributed by atoms with Crippen LogP contribution in [0.1, 0.15) is 5.82 Å². The third-order valence-electron chi connectivity index (χ3n) is 5.02. The van der Waals surface area contributed by atoms with Gasteiger partial charge in [0.2, 0.25) is 12.7 Å². The molecular formula is C23H20N4O4S. The Balaban J connectivity index is 1.18. The van der Waals surface area contributed by atoms with Crippen molar-refractivity contribution in [3.63, 3.8) is 0 Å². The Morgan fingerprint density at radius 1 is 1.09 bits per heavy atom. The molecule has 0 atom stereocenters. The maximum atomic E-state index is 12.4. The second kappa shape index (κ2) is 8.80. The Hall–Kier alpha value is -3.72. The molecule has 0 saturated carbocycles. The van der Waals surface area contributed by atoms with E-state index in [9.17, 15) is 4.79 Å². The van der Waals surface area contributed by atoms with Crippen LogP contribution in [0.5, 0.6) is 17.2 Å². The largest absolute Gasteiger partial charge is 0.485 e. The Kier molecular flexibility index (Phi) is 5.55. The van der Waals surface area contributed by atoms with E-state index in [2.05, 4.69) is 15.5 Å². The third kappa shape index (κ3) is 4.19. The van der Waals surface area contributed by atoms with Gasteiger partial charge in [-0.15, -0.1) is 10.2 Å². The molecule has 8 nitrogen and oxygen atoms in total. The average Bonchev–Trinajstić information content (AvgIpc) is 3.42. The van der Waals surface area contributed by atoms with E-state index in [1.54, 1.807) is 18.2 Å². The number of nitrogens with zero attached hydrogens (tertiary/aromatic N) is 3. The lowest BCUT2D eigenvalue weighted by molar-refractivity contribution is -0.113. The molecule has 0 fully saturated rings. The summed E-state index contributed by atoms with van der Waals surface area (Å²) in [7, 11) is 1.86. The number of rotatable bonds is 7. The summed E-state index contributed by atoms with van der Waals surface area (Å²) in [6.45, 7) is 0.475. The maximum Gasteiger partial charge on any atom is 0.234 e. The smallest absolute Gasteiger partial charge is 0.234 e. The van der Waals surface area contributed by atoms with Gasteiger partial charge in [-0.25, -0.2) is 0 Å². The number of benzene rings is 3. The summed E-state index contributed by atoms with van der Waals surface area (Å²) >= 11 is 1.31. The van der Waals surface area contributed by atoms with E-state index >= 15 is 0 Å². The molecule has 2 heterocycles. The van der Waals surface area contributed by atoms with Crippen molar-refractivity contribution in [1.82, 2.24) is 14.8 Å². The van der Waals surface area contributed by atoms with Crippen LogP contribution in [0.3, 0.4) is 0 Å². The molecule has 0 bridgehead atoms. The molecule has 4 aromatic rings. The first-order valence-corrected chi connectivity index (χ1v) is 11.0. The van der Waals surface area contributed by atoms with Crippen LogP contribution in [-0.2, 0) is 18.4 Å². The summed E-state index contributed by atoms with van der Waals surface area (Å²) in [6.07, 6.45) is 0. The summed E-state index contributed by atoms with van der Waals surface area (Å²) in [5.74, 6) is 2.82. The van der Waals surface area contributed by atoms with Gasteiger partial charge in [-0.2, -0.15) is 0 Å². The third-order valence-corrected chi connectivity index (χ3v) is 6.04. The molecule has 0 saturated heterocycles. The van der Waals surface area contributed by atoms with Gasteiger partial charge in [0.05, 0.1) is 5.75 Å². The fourth-order valence-corrected chi connectivity index (χ4v) is 4.09. The van der Waals surface area contributed by atoms with Crippen LogP contribution >= 0.6 is 11.8 Å². The van der Waals surface area contributed by atoms with E-state index in [0.29, 0.717) is 28.2 Å². The van der Waals surface area contributed by atoms with Gasteiger partial charge in [0.1, 0.15) is 12.4 Å². The minimum Gasteiger partial charge on any atom is -0.485 e. The Labute approximate surface area is 188 Å². The quantitative estimate of drug-likeness (QED) is 0.428. The molecule has 1 aromatic heterocycles. The summed E-state index contributed by atoms with van der Waals surface area (Å²) in [4.78, 5) is 12.4. The van der Waals surface area contributed by atoms with E-state index in [-0.39, 0.29) is 25.1 Å². The molecule has 0 spiro atoms. The van der Waals surface area contributed by atoms with Crippen LogP contribution in [0.2, 0.25) is 0 Å². The minimum atomic E-state index is -0.148. The monoisotopic (exact) mass is 448 g/mol. The lowest BCUT2D eigenvalue weighted by Gasteiger charge is -2.09. The van der Waals surface area contributed by atoms with Crippen LogP contribution in [0.25, 0.3) is 10.8 Å². The summed E-state index contributed by atoms with van der Waals surface area (Å²) in [6, 6.07) is 19.3. The average molecular weight is 449 g/mol. The highest BCUT2D eigenvalue weighted by Crippen LogP contribution is 2.34. The number of ether oxygens (including phenoxy) is 3. The van der Waals surface area contributed by atoms with E-state index in [0.717, 1.165) is 16.5 Å². The first kappa shape index (κ1) is 20.2. The number of amides is 1. The number of nitrogens with one attached hydrogen (secondary N) is 1. The normalized spacial score (nSPS) is 12.2. The zero-order chi connectivity index (χ0) is 21.9. The SMILES string of the molecule is Cn1c(COc2cccc3ccccc23)nnc1SCC(=O)Nc1ccc2c(c1)OCO2. The molecule has 32 heavy (non-hydrogen) atoms. The highest BCUT2D eigenvalue weighted by atomic mass is 32.2. The van der Waals surface area contributed by atoms with E-state index in [1.165, 1.54) is 11.8 Å². The lowest BCUT2D eigenvalue weighted by atomic mass is 10.1. The highest BCUT2D eigenvalue weighted by Gasteiger charge is 2.16. The number of hydrogen-bond donors (Lipinski definition) is 1. The van der Waals surface area contributed by atoms with Gasteiger partial charge >= 0.3 is 0 Å². The predicted molar refractivity (Wildman–Crippen MR) is 121 cm³/mol. The van der Waals surface area contributed by atoms with Gasteiger partial charge in [0.15, 0.2) is 22.5 Å². The van der Waals surface area contributed by atoms with Gasteiger partial charge in [-0.3, -0.25) is 4.79 Å². The summed E-state index contributed by atoms with van der Waals surface area (Å²) in [5.41, 5.74) is 0.655. The van der Waals surface area contributed by atoms with Crippen LogP contribution in [-0.4, -0.2) is 33.2 Å². The van der Waals surface area contributed by atoms with Crippen molar-refractivity contribution in [1.29, 1.82) is 0 Å². The van der Waals surface area contributed by atoms with Gasteiger partial charge < -0.3 is 24.1 Å². The second-order valence-corrected chi connectivity index (χ2v) is 8.07. The number of carbonyl (C=O) groups is 1. The van der Waals surface area contributed by atoms with Gasteiger partial charge in [-0.05, 0) is 23.6 Å². The highest BCUT2D eigenvalue weighted by molar-refractivity contribution is 7.99. The summed E-state index contributed by atoms with van der Waals surface area (Å²) < 4.78 is 18.5. The molecule has 3 aromatic carbocycles. The van der Waals surface area contributed by atoms with Crippen LogP contribution in [0.15, 0.2) is 65.8 Å². The lowest BCUT2D eigenvalue weighted by Crippen LogP contribution is -2.14. The topological polar surface area (TPSA) is 87.5 Å². The van der Waals surface area contributed by atoms with Crippen molar-refractivity contribution < 1.29 is 19.0 Å². The standard InChI is InChI=1S/C23H20N4O4S/c1-27-21(12-29-18-8-4-6-15-5-2-3-7-17(15)18)25-26-23(27)32-13-22(28)24-16-9-10-19-20(11-16)31-14-30-19/h2-11H,12-14H2,1H3,(H,24,28). The molecule has 162 valence electrons. The molecule has 1 N–H and O–H groups in total. The molecular weight excluding hydrogens is 428 g/mol. The summed E-state index contributed by atoms with van der Waals surface area (Å²) in [5, 5.41) is 14.1. The van der Waals surface area contributed by atoms with Crippen molar-refractivity contribution in [2.24, 2.45) is 7.05 Å². The van der Waals surface area contributed by atoms with E-state index < -0.39 is 0 Å². The van der Waals surface area contributed by atoms with Crippen molar-refractivity contribution in [3.05, 3.63) is 66.5 Å².